The summed E-state index contributed by atoms with van der Waals surface area (Å²) in [7, 11) is 5.44. The number of hydrogen-bond acceptors (Lipinski definition) is 3. The van der Waals surface area contributed by atoms with Crippen molar-refractivity contribution in [3.05, 3.63) is 28.8 Å². The summed E-state index contributed by atoms with van der Waals surface area (Å²) < 4.78 is 5.36. The standard InChI is InChI=1S/C16H26N2O2.ClH/c1-12-9-14(10-13(2)16(12)20-5)11-18(4)15(19)7-6-8-17-3;/h9-10,17H,6-8,11H2,1-5H3;1H. The van der Waals surface area contributed by atoms with Gasteiger partial charge in [-0.25, -0.2) is 0 Å². The molecule has 5 heteroatoms. The van der Waals surface area contributed by atoms with E-state index in [1.54, 1.807) is 12.0 Å². The van der Waals surface area contributed by atoms with Gasteiger partial charge in [-0.3, -0.25) is 4.79 Å². The van der Waals surface area contributed by atoms with Crippen LogP contribution in [0.5, 0.6) is 5.75 Å². The van der Waals surface area contributed by atoms with Crippen molar-refractivity contribution in [3.63, 3.8) is 0 Å². The van der Waals surface area contributed by atoms with E-state index >= 15 is 0 Å². The first-order chi connectivity index (χ1) is 9.49. The molecule has 0 aliphatic carbocycles. The molecule has 1 aromatic rings. The first-order valence-corrected chi connectivity index (χ1v) is 7.02. The van der Waals surface area contributed by atoms with E-state index in [0.29, 0.717) is 13.0 Å². The fourth-order valence-electron chi connectivity index (χ4n) is 2.42. The molecular weight excluding hydrogens is 288 g/mol. The summed E-state index contributed by atoms with van der Waals surface area (Å²) in [6.07, 6.45) is 1.46. The number of nitrogens with one attached hydrogen (secondary N) is 1. The van der Waals surface area contributed by atoms with Crippen LogP contribution in [0.25, 0.3) is 0 Å². The Hall–Kier alpha value is -1.26. The smallest absolute Gasteiger partial charge is 0.222 e. The third-order valence-corrected chi connectivity index (χ3v) is 3.39. The maximum Gasteiger partial charge on any atom is 0.222 e. The Morgan fingerprint density at radius 1 is 1.29 bits per heavy atom. The number of nitrogens with zero attached hydrogens (tertiary/aromatic N) is 1. The van der Waals surface area contributed by atoms with Crippen LogP contribution in [0.15, 0.2) is 12.1 Å². The Bertz CT molecular complexity index is 441. The molecule has 0 bridgehead atoms. The molecule has 0 atom stereocenters. The molecule has 0 aliphatic rings. The highest BCUT2D eigenvalue weighted by atomic mass is 35.5. The average molecular weight is 315 g/mol. The highest BCUT2D eigenvalue weighted by Gasteiger charge is 2.11. The predicted octanol–water partition coefficient (Wildman–Crippen LogP) is 2.69. The second-order valence-electron chi connectivity index (χ2n) is 5.22. The van der Waals surface area contributed by atoms with Gasteiger partial charge in [-0.1, -0.05) is 12.1 Å². The Balaban J connectivity index is 0.00000400. The number of rotatable bonds is 7. The topological polar surface area (TPSA) is 41.6 Å². The number of carbonyl (C=O) groups excluding carboxylic acids is 1. The van der Waals surface area contributed by atoms with Gasteiger partial charge < -0.3 is 15.0 Å². The van der Waals surface area contributed by atoms with Crippen molar-refractivity contribution in [3.8, 4) is 5.75 Å². The van der Waals surface area contributed by atoms with Gasteiger partial charge in [0, 0.05) is 20.0 Å². The van der Waals surface area contributed by atoms with Gasteiger partial charge in [-0.2, -0.15) is 0 Å². The number of aryl methyl sites for hydroxylation is 2. The fraction of sp³-hybridized carbons (Fsp3) is 0.562. The minimum Gasteiger partial charge on any atom is -0.496 e. The van der Waals surface area contributed by atoms with E-state index in [1.807, 2.05) is 27.9 Å². The van der Waals surface area contributed by atoms with E-state index in [0.717, 1.165) is 35.4 Å². The van der Waals surface area contributed by atoms with Crippen molar-refractivity contribution in [1.82, 2.24) is 10.2 Å². The van der Waals surface area contributed by atoms with E-state index in [1.165, 1.54) is 0 Å². The zero-order valence-corrected chi connectivity index (χ0v) is 14.5. The summed E-state index contributed by atoms with van der Waals surface area (Å²) in [4.78, 5) is 13.8. The summed E-state index contributed by atoms with van der Waals surface area (Å²) in [5.74, 6) is 1.11. The van der Waals surface area contributed by atoms with Gasteiger partial charge in [-0.15, -0.1) is 12.4 Å². The number of hydrogen-bond donors (Lipinski definition) is 1. The van der Waals surface area contributed by atoms with Gasteiger partial charge in [0.05, 0.1) is 7.11 Å². The number of ether oxygens (including phenoxy) is 1. The van der Waals surface area contributed by atoms with Crippen molar-refractivity contribution in [2.24, 2.45) is 0 Å². The molecule has 0 aromatic heterocycles. The molecule has 0 aliphatic heterocycles. The van der Waals surface area contributed by atoms with Crippen LogP contribution in [0, 0.1) is 13.8 Å². The normalized spacial score (nSPS) is 9.95. The lowest BCUT2D eigenvalue weighted by Gasteiger charge is -2.19. The van der Waals surface area contributed by atoms with Crippen LogP contribution in [0.4, 0.5) is 0 Å². The van der Waals surface area contributed by atoms with E-state index in [-0.39, 0.29) is 18.3 Å². The quantitative estimate of drug-likeness (QED) is 0.787. The molecule has 21 heavy (non-hydrogen) atoms. The van der Waals surface area contributed by atoms with Crippen molar-refractivity contribution in [2.45, 2.75) is 33.2 Å². The highest BCUT2D eigenvalue weighted by Crippen LogP contribution is 2.24. The van der Waals surface area contributed by atoms with Gasteiger partial charge in [0.1, 0.15) is 5.75 Å². The molecule has 0 saturated carbocycles. The molecule has 120 valence electrons. The zero-order chi connectivity index (χ0) is 15.1. The van der Waals surface area contributed by atoms with Gasteiger partial charge in [0.25, 0.3) is 0 Å². The largest absolute Gasteiger partial charge is 0.496 e. The van der Waals surface area contributed by atoms with Crippen molar-refractivity contribution in [2.75, 3.05) is 27.7 Å². The van der Waals surface area contributed by atoms with E-state index in [9.17, 15) is 4.79 Å². The van der Waals surface area contributed by atoms with Crippen molar-refractivity contribution >= 4 is 18.3 Å². The Morgan fingerprint density at radius 3 is 2.33 bits per heavy atom. The monoisotopic (exact) mass is 314 g/mol. The van der Waals surface area contributed by atoms with Crippen LogP contribution >= 0.6 is 12.4 Å². The van der Waals surface area contributed by atoms with Gasteiger partial charge in [-0.05, 0) is 50.6 Å². The molecule has 0 heterocycles. The number of carbonyl (C=O) groups is 1. The average Bonchev–Trinajstić information content (AvgIpc) is 2.38. The molecule has 0 spiro atoms. The third kappa shape index (κ3) is 5.94. The Labute approximate surface area is 134 Å². The summed E-state index contributed by atoms with van der Waals surface area (Å²) in [6, 6.07) is 4.17. The summed E-state index contributed by atoms with van der Waals surface area (Å²) in [5, 5.41) is 3.05. The molecule has 0 saturated heterocycles. The molecule has 1 amide bonds. The van der Waals surface area contributed by atoms with Crippen LogP contribution in [0.1, 0.15) is 29.5 Å². The van der Waals surface area contributed by atoms with Crippen LogP contribution in [-0.4, -0.2) is 38.6 Å². The molecule has 1 rings (SSSR count). The fourth-order valence-corrected chi connectivity index (χ4v) is 2.42. The number of amides is 1. The third-order valence-electron chi connectivity index (χ3n) is 3.39. The lowest BCUT2D eigenvalue weighted by molar-refractivity contribution is -0.130. The van der Waals surface area contributed by atoms with Crippen molar-refractivity contribution in [1.29, 1.82) is 0 Å². The minimum atomic E-state index is 0. The number of benzene rings is 1. The number of methoxy groups -OCH3 is 1. The Kier molecular flexibility index (Phi) is 9.06. The predicted molar refractivity (Wildman–Crippen MR) is 89.4 cm³/mol. The van der Waals surface area contributed by atoms with E-state index < -0.39 is 0 Å². The second-order valence-corrected chi connectivity index (χ2v) is 5.22. The molecular formula is C16H27ClN2O2. The van der Waals surface area contributed by atoms with Crippen LogP contribution in [0.2, 0.25) is 0 Å². The van der Waals surface area contributed by atoms with Crippen LogP contribution in [-0.2, 0) is 11.3 Å². The van der Waals surface area contributed by atoms with E-state index in [4.69, 9.17) is 4.74 Å². The van der Waals surface area contributed by atoms with Crippen LogP contribution in [0.3, 0.4) is 0 Å². The van der Waals surface area contributed by atoms with Gasteiger partial charge in [0.2, 0.25) is 5.91 Å². The first-order valence-electron chi connectivity index (χ1n) is 7.02. The highest BCUT2D eigenvalue weighted by molar-refractivity contribution is 5.85. The molecule has 0 fully saturated rings. The molecule has 1 aromatic carbocycles. The lowest BCUT2D eigenvalue weighted by atomic mass is 10.1. The molecule has 4 nitrogen and oxygen atoms in total. The SMILES string of the molecule is CNCCCC(=O)N(C)Cc1cc(C)c(OC)c(C)c1.Cl. The van der Waals surface area contributed by atoms with Gasteiger partial charge >= 0.3 is 0 Å². The number of halogens is 1. The first kappa shape index (κ1) is 19.7. The van der Waals surface area contributed by atoms with Gasteiger partial charge in [0.15, 0.2) is 0 Å². The maximum absolute atomic E-state index is 12.0. The minimum absolute atomic E-state index is 0. The second kappa shape index (κ2) is 9.64. The summed E-state index contributed by atoms with van der Waals surface area (Å²) >= 11 is 0. The summed E-state index contributed by atoms with van der Waals surface area (Å²) in [6.45, 7) is 5.58. The molecule has 1 N–H and O–H groups in total. The summed E-state index contributed by atoms with van der Waals surface area (Å²) in [5.41, 5.74) is 3.36. The molecule has 0 unspecified atom stereocenters. The maximum atomic E-state index is 12.0. The van der Waals surface area contributed by atoms with Crippen molar-refractivity contribution < 1.29 is 9.53 Å². The van der Waals surface area contributed by atoms with E-state index in [2.05, 4.69) is 17.4 Å². The lowest BCUT2D eigenvalue weighted by Crippen LogP contribution is -2.26. The Morgan fingerprint density at radius 2 is 1.86 bits per heavy atom. The zero-order valence-electron chi connectivity index (χ0n) is 13.7. The molecule has 0 radical (unpaired) electrons. The van der Waals surface area contributed by atoms with Crippen LogP contribution < -0.4 is 10.1 Å².